The van der Waals surface area contributed by atoms with E-state index in [1.165, 1.54) is 0 Å². The Morgan fingerprint density at radius 2 is 2.32 bits per heavy atom. The van der Waals surface area contributed by atoms with E-state index in [4.69, 9.17) is 4.52 Å². The summed E-state index contributed by atoms with van der Waals surface area (Å²) in [5.41, 5.74) is 0.718. The molecule has 1 unspecified atom stereocenters. The number of aryl methyl sites for hydroxylation is 1. The number of nitrogens with one attached hydrogen (secondary N) is 1. The third-order valence-corrected chi connectivity index (χ3v) is 3.16. The van der Waals surface area contributed by atoms with E-state index in [-0.39, 0.29) is 11.8 Å². The van der Waals surface area contributed by atoms with Gasteiger partial charge in [0.05, 0.1) is 6.54 Å². The maximum atomic E-state index is 12.3. The van der Waals surface area contributed by atoms with Crippen molar-refractivity contribution in [1.82, 2.24) is 15.4 Å². The Morgan fingerprint density at radius 3 is 2.95 bits per heavy atom. The second-order valence-electron chi connectivity index (χ2n) is 4.85. The average molecular weight is 265 g/mol. The summed E-state index contributed by atoms with van der Waals surface area (Å²) in [6.45, 7) is 4.63. The molecule has 2 rings (SSSR count). The van der Waals surface area contributed by atoms with Crippen LogP contribution in [0.2, 0.25) is 0 Å². The monoisotopic (exact) mass is 265 g/mol. The average Bonchev–Trinajstić information content (AvgIpc) is 2.73. The number of carbonyl (C=O) groups excluding carboxylic acids is 2. The molecule has 1 aliphatic heterocycles. The first-order chi connectivity index (χ1) is 9.10. The number of hydrogen-bond acceptors (Lipinski definition) is 4. The summed E-state index contributed by atoms with van der Waals surface area (Å²) >= 11 is 0. The number of aromatic nitrogens is 1. The molecule has 2 heterocycles. The SMILES string of the molecule is CCCC1NC(=O)CCN(Cc2cc(C)on2)C1=O. The Balaban J connectivity index is 2.09. The van der Waals surface area contributed by atoms with E-state index in [1.807, 2.05) is 19.9 Å². The quantitative estimate of drug-likeness (QED) is 0.881. The molecule has 0 aromatic carbocycles. The standard InChI is InChI=1S/C13H19N3O3/c1-3-4-11-13(18)16(6-5-12(17)14-11)8-10-7-9(2)19-15-10/h7,11H,3-6,8H2,1-2H3,(H,14,17). The zero-order valence-electron chi connectivity index (χ0n) is 11.3. The van der Waals surface area contributed by atoms with Crippen LogP contribution in [0.3, 0.4) is 0 Å². The van der Waals surface area contributed by atoms with Gasteiger partial charge in [0, 0.05) is 19.0 Å². The maximum absolute atomic E-state index is 12.3. The lowest BCUT2D eigenvalue weighted by molar-refractivity contribution is -0.134. The van der Waals surface area contributed by atoms with E-state index in [0.717, 1.165) is 17.9 Å². The minimum Gasteiger partial charge on any atom is -0.361 e. The summed E-state index contributed by atoms with van der Waals surface area (Å²) < 4.78 is 5.00. The van der Waals surface area contributed by atoms with Crippen molar-refractivity contribution in [2.75, 3.05) is 6.54 Å². The highest BCUT2D eigenvalue weighted by atomic mass is 16.5. The fraction of sp³-hybridized carbons (Fsp3) is 0.615. The first kappa shape index (κ1) is 13.6. The molecule has 0 spiro atoms. The van der Waals surface area contributed by atoms with E-state index in [2.05, 4.69) is 10.5 Å². The molecule has 1 aliphatic rings. The smallest absolute Gasteiger partial charge is 0.245 e. The predicted octanol–water partition coefficient (Wildman–Crippen LogP) is 1.00. The van der Waals surface area contributed by atoms with E-state index < -0.39 is 6.04 Å². The molecule has 1 saturated heterocycles. The first-order valence-corrected chi connectivity index (χ1v) is 6.60. The van der Waals surface area contributed by atoms with Gasteiger partial charge in [-0.05, 0) is 13.3 Å². The number of carbonyl (C=O) groups is 2. The van der Waals surface area contributed by atoms with Gasteiger partial charge in [0.15, 0.2) is 0 Å². The topological polar surface area (TPSA) is 75.4 Å². The number of amides is 2. The van der Waals surface area contributed by atoms with Crippen LogP contribution in [0.4, 0.5) is 0 Å². The molecular weight excluding hydrogens is 246 g/mol. The van der Waals surface area contributed by atoms with Gasteiger partial charge in [-0.1, -0.05) is 18.5 Å². The predicted molar refractivity (Wildman–Crippen MR) is 68.1 cm³/mol. The van der Waals surface area contributed by atoms with Crippen LogP contribution in [0.5, 0.6) is 0 Å². The molecule has 6 heteroatoms. The summed E-state index contributed by atoms with van der Waals surface area (Å²) in [6, 6.07) is 1.40. The van der Waals surface area contributed by atoms with Crippen molar-refractivity contribution >= 4 is 11.8 Å². The van der Waals surface area contributed by atoms with E-state index >= 15 is 0 Å². The second-order valence-corrected chi connectivity index (χ2v) is 4.85. The van der Waals surface area contributed by atoms with Crippen molar-refractivity contribution < 1.29 is 14.1 Å². The molecule has 0 radical (unpaired) electrons. The third-order valence-electron chi connectivity index (χ3n) is 3.16. The van der Waals surface area contributed by atoms with Crippen LogP contribution in [0.25, 0.3) is 0 Å². The van der Waals surface area contributed by atoms with Crippen LogP contribution >= 0.6 is 0 Å². The Labute approximate surface area is 112 Å². The summed E-state index contributed by atoms with van der Waals surface area (Å²) in [4.78, 5) is 25.6. The van der Waals surface area contributed by atoms with Gasteiger partial charge in [-0.3, -0.25) is 9.59 Å². The fourth-order valence-corrected chi connectivity index (χ4v) is 2.22. The van der Waals surface area contributed by atoms with Crippen LogP contribution in [-0.2, 0) is 16.1 Å². The Morgan fingerprint density at radius 1 is 1.53 bits per heavy atom. The molecule has 2 amide bonds. The van der Waals surface area contributed by atoms with Gasteiger partial charge < -0.3 is 14.7 Å². The van der Waals surface area contributed by atoms with Crippen LogP contribution in [-0.4, -0.2) is 34.5 Å². The van der Waals surface area contributed by atoms with Gasteiger partial charge in [0.25, 0.3) is 0 Å². The number of hydrogen-bond donors (Lipinski definition) is 1. The Kier molecular flexibility index (Phi) is 4.19. The Hall–Kier alpha value is -1.85. The molecule has 0 aliphatic carbocycles. The van der Waals surface area contributed by atoms with Gasteiger partial charge >= 0.3 is 0 Å². The lowest BCUT2D eigenvalue weighted by atomic mass is 10.1. The zero-order chi connectivity index (χ0) is 13.8. The van der Waals surface area contributed by atoms with E-state index in [9.17, 15) is 9.59 Å². The lowest BCUT2D eigenvalue weighted by Gasteiger charge is -2.22. The van der Waals surface area contributed by atoms with Crippen molar-refractivity contribution in [3.63, 3.8) is 0 Å². The van der Waals surface area contributed by atoms with Gasteiger partial charge in [-0.15, -0.1) is 0 Å². The third kappa shape index (κ3) is 3.33. The van der Waals surface area contributed by atoms with Crippen LogP contribution < -0.4 is 5.32 Å². The van der Waals surface area contributed by atoms with Crippen molar-refractivity contribution in [1.29, 1.82) is 0 Å². The minimum atomic E-state index is -0.409. The molecule has 1 atom stereocenters. The highest BCUT2D eigenvalue weighted by Gasteiger charge is 2.29. The first-order valence-electron chi connectivity index (χ1n) is 6.60. The summed E-state index contributed by atoms with van der Waals surface area (Å²) in [5, 5.41) is 6.67. The molecule has 1 aromatic rings. The fourth-order valence-electron chi connectivity index (χ4n) is 2.22. The summed E-state index contributed by atoms with van der Waals surface area (Å²) in [5.74, 6) is 0.621. The van der Waals surface area contributed by atoms with Crippen molar-refractivity contribution in [2.45, 2.75) is 45.7 Å². The van der Waals surface area contributed by atoms with Crippen molar-refractivity contribution in [3.8, 4) is 0 Å². The van der Waals surface area contributed by atoms with Crippen LogP contribution in [0, 0.1) is 6.92 Å². The van der Waals surface area contributed by atoms with Gasteiger partial charge in [0.1, 0.15) is 17.5 Å². The number of nitrogens with zero attached hydrogens (tertiary/aromatic N) is 2. The summed E-state index contributed by atoms with van der Waals surface area (Å²) in [7, 11) is 0. The van der Waals surface area contributed by atoms with Crippen molar-refractivity contribution in [3.05, 3.63) is 17.5 Å². The van der Waals surface area contributed by atoms with Crippen molar-refractivity contribution in [2.24, 2.45) is 0 Å². The van der Waals surface area contributed by atoms with E-state index in [0.29, 0.717) is 25.9 Å². The van der Waals surface area contributed by atoms with Gasteiger partial charge in [0.2, 0.25) is 11.8 Å². The molecule has 6 nitrogen and oxygen atoms in total. The van der Waals surface area contributed by atoms with Crippen LogP contribution in [0.15, 0.2) is 10.6 Å². The highest BCUT2D eigenvalue weighted by molar-refractivity contribution is 5.89. The molecule has 0 bridgehead atoms. The maximum Gasteiger partial charge on any atom is 0.245 e. The molecule has 1 fully saturated rings. The molecule has 0 saturated carbocycles. The van der Waals surface area contributed by atoms with Gasteiger partial charge in [-0.25, -0.2) is 0 Å². The van der Waals surface area contributed by atoms with E-state index in [1.54, 1.807) is 4.90 Å². The van der Waals surface area contributed by atoms with Gasteiger partial charge in [-0.2, -0.15) is 0 Å². The molecule has 19 heavy (non-hydrogen) atoms. The second kappa shape index (κ2) is 5.86. The zero-order valence-corrected chi connectivity index (χ0v) is 11.3. The number of rotatable bonds is 4. The molecule has 104 valence electrons. The normalized spacial score (nSPS) is 20.3. The molecule has 1 N–H and O–H groups in total. The Bertz CT molecular complexity index is 469. The molecular formula is C13H19N3O3. The van der Waals surface area contributed by atoms with Crippen LogP contribution in [0.1, 0.15) is 37.6 Å². The minimum absolute atomic E-state index is 0.0339. The molecule has 1 aromatic heterocycles. The summed E-state index contributed by atoms with van der Waals surface area (Å²) in [6.07, 6.45) is 1.86. The highest BCUT2D eigenvalue weighted by Crippen LogP contribution is 2.12. The largest absolute Gasteiger partial charge is 0.361 e. The lowest BCUT2D eigenvalue weighted by Crippen LogP contribution is -2.44.